The third-order valence-corrected chi connectivity index (χ3v) is 3.25. The molecule has 2 nitrogen and oxygen atoms in total. The van der Waals surface area contributed by atoms with Gasteiger partial charge in [0.1, 0.15) is 0 Å². The van der Waals surface area contributed by atoms with Gasteiger partial charge in [-0.25, -0.2) is 0 Å². The van der Waals surface area contributed by atoms with Crippen LogP contribution in [0.5, 0.6) is 0 Å². The molecule has 0 N–H and O–H groups in total. The van der Waals surface area contributed by atoms with E-state index in [4.69, 9.17) is 0 Å². The summed E-state index contributed by atoms with van der Waals surface area (Å²) in [5.41, 5.74) is 0. The van der Waals surface area contributed by atoms with E-state index in [1.165, 1.54) is 45.4 Å². The van der Waals surface area contributed by atoms with Gasteiger partial charge in [0.25, 0.3) is 0 Å². The lowest BCUT2D eigenvalue weighted by molar-refractivity contribution is 0.197. The maximum Gasteiger partial charge on any atom is 0.0108 e. The van der Waals surface area contributed by atoms with Crippen molar-refractivity contribution in [3.05, 3.63) is 0 Å². The van der Waals surface area contributed by atoms with Crippen LogP contribution in [-0.2, 0) is 0 Å². The quantitative estimate of drug-likeness (QED) is 0.660. The van der Waals surface area contributed by atoms with E-state index in [1.807, 2.05) is 0 Å². The predicted octanol–water partition coefficient (Wildman–Crippen LogP) is 1.81. The van der Waals surface area contributed by atoms with Crippen molar-refractivity contribution in [3.63, 3.8) is 0 Å². The van der Waals surface area contributed by atoms with Crippen LogP contribution >= 0.6 is 0 Å². The standard InChI is InChI=1S/C11H24N2/c1-4-13(5-2)11-7-6-9-12(3)10-8-11/h11H,4-10H2,1-3H3. The van der Waals surface area contributed by atoms with Crippen LogP contribution in [0.3, 0.4) is 0 Å². The first-order valence-electron chi connectivity index (χ1n) is 5.70. The van der Waals surface area contributed by atoms with Crippen molar-refractivity contribution in [1.82, 2.24) is 9.80 Å². The van der Waals surface area contributed by atoms with Crippen molar-refractivity contribution in [3.8, 4) is 0 Å². The van der Waals surface area contributed by atoms with Crippen LogP contribution in [0.15, 0.2) is 0 Å². The molecule has 0 amide bonds. The smallest absolute Gasteiger partial charge is 0.0108 e. The van der Waals surface area contributed by atoms with Crippen molar-refractivity contribution in [1.29, 1.82) is 0 Å². The van der Waals surface area contributed by atoms with Crippen molar-refractivity contribution in [2.24, 2.45) is 0 Å². The van der Waals surface area contributed by atoms with Gasteiger partial charge in [0.2, 0.25) is 0 Å². The van der Waals surface area contributed by atoms with E-state index in [0.29, 0.717) is 0 Å². The Balaban J connectivity index is 2.40. The van der Waals surface area contributed by atoms with E-state index in [2.05, 4.69) is 30.7 Å². The van der Waals surface area contributed by atoms with Crippen molar-refractivity contribution >= 4 is 0 Å². The van der Waals surface area contributed by atoms with Gasteiger partial charge in [0.15, 0.2) is 0 Å². The molecule has 1 unspecified atom stereocenters. The molecule has 0 saturated carbocycles. The molecule has 0 bridgehead atoms. The second kappa shape index (κ2) is 5.61. The van der Waals surface area contributed by atoms with Gasteiger partial charge in [0.05, 0.1) is 0 Å². The van der Waals surface area contributed by atoms with E-state index < -0.39 is 0 Å². The Labute approximate surface area is 82.9 Å². The zero-order valence-electron chi connectivity index (χ0n) is 9.42. The average Bonchev–Trinajstić information content (AvgIpc) is 2.34. The Morgan fingerprint density at radius 2 is 1.85 bits per heavy atom. The number of hydrogen-bond donors (Lipinski definition) is 0. The van der Waals surface area contributed by atoms with Crippen LogP contribution in [0.1, 0.15) is 33.1 Å². The summed E-state index contributed by atoms with van der Waals surface area (Å²) in [6.45, 7) is 9.55. The molecule has 0 aromatic heterocycles. The summed E-state index contributed by atoms with van der Waals surface area (Å²) >= 11 is 0. The molecule has 1 heterocycles. The molecule has 2 heteroatoms. The topological polar surface area (TPSA) is 6.48 Å². The highest BCUT2D eigenvalue weighted by atomic mass is 15.2. The fraction of sp³-hybridized carbons (Fsp3) is 1.00. The van der Waals surface area contributed by atoms with Crippen LogP contribution in [-0.4, -0.2) is 49.1 Å². The maximum atomic E-state index is 2.61. The summed E-state index contributed by atoms with van der Waals surface area (Å²) in [6.07, 6.45) is 4.13. The first-order valence-corrected chi connectivity index (χ1v) is 5.70. The molecular formula is C11H24N2. The largest absolute Gasteiger partial charge is 0.306 e. The summed E-state index contributed by atoms with van der Waals surface area (Å²) in [7, 11) is 2.24. The van der Waals surface area contributed by atoms with Crippen LogP contribution in [0.4, 0.5) is 0 Å². The summed E-state index contributed by atoms with van der Waals surface area (Å²) in [4.78, 5) is 5.07. The summed E-state index contributed by atoms with van der Waals surface area (Å²) < 4.78 is 0. The molecule has 0 aromatic rings. The van der Waals surface area contributed by atoms with E-state index in [-0.39, 0.29) is 0 Å². The molecule has 1 atom stereocenters. The molecule has 1 aliphatic heterocycles. The fourth-order valence-corrected chi connectivity index (χ4v) is 2.33. The van der Waals surface area contributed by atoms with Gasteiger partial charge in [-0.2, -0.15) is 0 Å². The Morgan fingerprint density at radius 3 is 2.46 bits per heavy atom. The SMILES string of the molecule is CCN(CC)C1CCCN(C)CC1. The molecule has 1 rings (SSSR count). The Kier molecular flexibility index (Phi) is 4.74. The zero-order valence-corrected chi connectivity index (χ0v) is 9.42. The summed E-state index contributed by atoms with van der Waals surface area (Å²) in [5.74, 6) is 0. The second-order valence-electron chi connectivity index (χ2n) is 4.11. The highest BCUT2D eigenvalue weighted by Crippen LogP contribution is 2.15. The minimum Gasteiger partial charge on any atom is -0.306 e. The molecule has 0 radical (unpaired) electrons. The molecule has 0 aliphatic carbocycles. The molecule has 0 aromatic carbocycles. The van der Waals surface area contributed by atoms with Crippen LogP contribution in [0.25, 0.3) is 0 Å². The lowest BCUT2D eigenvalue weighted by Crippen LogP contribution is -2.35. The lowest BCUT2D eigenvalue weighted by Gasteiger charge is -2.28. The first-order chi connectivity index (χ1) is 6.27. The first kappa shape index (κ1) is 11.0. The van der Waals surface area contributed by atoms with Gasteiger partial charge in [-0.1, -0.05) is 13.8 Å². The Morgan fingerprint density at radius 1 is 1.15 bits per heavy atom. The lowest BCUT2D eigenvalue weighted by atomic mass is 10.1. The van der Waals surface area contributed by atoms with Gasteiger partial charge < -0.3 is 9.80 Å². The Hall–Kier alpha value is -0.0800. The molecule has 1 saturated heterocycles. The molecule has 78 valence electrons. The molecule has 0 spiro atoms. The number of hydrogen-bond acceptors (Lipinski definition) is 2. The van der Waals surface area contributed by atoms with E-state index in [9.17, 15) is 0 Å². The molecule has 1 fully saturated rings. The normalized spacial score (nSPS) is 26.3. The molecule has 13 heavy (non-hydrogen) atoms. The minimum absolute atomic E-state index is 0.847. The van der Waals surface area contributed by atoms with Gasteiger partial charge in [0, 0.05) is 6.04 Å². The van der Waals surface area contributed by atoms with Gasteiger partial charge in [-0.05, 0) is 52.5 Å². The molecule has 1 aliphatic rings. The van der Waals surface area contributed by atoms with E-state index in [1.54, 1.807) is 0 Å². The van der Waals surface area contributed by atoms with Gasteiger partial charge in [-0.3, -0.25) is 0 Å². The Bertz CT molecular complexity index is 132. The summed E-state index contributed by atoms with van der Waals surface area (Å²) in [5, 5.41) is 0. The highest BCUT2D eigenvalue weighted by Gasteiger charge is 2.18. The monoisotopic (exact) mass is 184 g/mol. The van der Waals surface area contributed by atoms with E-state index in [0.717, 1.165) is 6.04 Å². The highest BCUT2D eigenvalue weighted by molar-refractivity contribution is 4.75. The number of likely N-dealkylation sites (tertiary alicyclic amines) is 1. The minimum atomic E-state index is 0.847. The van der Waals surface area contributed by atoms with Crippen molar-refractivity contribution < 1.29 is 0 Å². The zero-order chi connectivity index (χ0) is 9.68. The third-order valence-electron chi connectivity index (χ3n) is 3.25. The second-order valence-corrected chi connectivity index (χ2v) is 4.11. The average molecular weight is 184 g/mol. The number of nitrogens with zero attached hydrogens (tertiary/aromatic N) is 2. The van der Waals surface area contributed by atoms with Crippen LogP contribution in [0, 0.1) is 0 Å². The van der Waals surface area contributed by atoms with Crippen LogP contribution < -0.4 is 0 Å². The fourth-order valence-electron chi connectivity index (χ4n) is 2.33. The maximum absolute atomic E-state index is 2.61. The van der Waals surface area contributed by atoms with Crippen LogP contribution in [0.2, 0.25) is 0 Å². The van der Waals surface area contributed by atoms with Gasteiger partial charge in [-0.15, -0.1) is 0 Å². The van der Waals surface area contributed by atoms with Gasteiger partial charge >= 0.3 is 0 Å². The predicted molar refractivity (Wildman–Crippen MR) is 58.1 cm³/mol. The van der Waals surface area contributed by atoms with Crippen molar-refractivity contribution in [2.45, 2.75) is 39.2 Å². The summed E-state index contributed by atoms with van der Waals surface area (Å²) in [6, 6.07) is 0.847. The third kappa shape index (κ3) is 3.28. The molecular weight excluding hydrogens is 160 g/mol. The van der Waals surface area contributed by atoms with Crippen molar-refractivity contribution in [2.75, 3.05) is 33.2 Å². The number of rotatable bonds is 3. The van der Waals surface area contributed by atoms with E-state index >= 15 is 0 Å².